The van der Waals surface area contributed by atoms with E-state index >= 15 is 0 Å². The summed E-state index contributed by atoms with van der Waals surface area (Å²) >= 11 is 1.42. The summed E-state index contributed by atoms with van der Waals surface area (Å²) < 4.78 is 41.8. The first-order valence-corrected chi connectivity index (χ1v) is 9.62. The van der Waals surface area contributed by atoms with Gasteiger partial charge in [-0.2, -0.15) is 18.1 Å². The predicted octanol–water partition coefficient (Wildman–Crippen LogP) is 4.42. The van der Waals surface area contributed by atoms with E-state index in [0.29, 0.717) is 12.2 Å². The maximum Gasteiger partial charge on any atom is 0.416 e. The van der Waals surface area contributed by atoms with Gasteiger partial charge >= 0.3 is 6.18 Å². The van der Waals surface area contributed by atoms with Crippen molar-refractivity contribution in [1.82, 2.24) is 0 Å². The Labute approximate surface area is 154 Å². The first-order chi connectivity index (χ1) is 12.4. The number of thiophene rings is 1. The minimum Gasteiger partial charge on any atom is -0.345 e. The summed E-state index contributed by atoms with van der Waals surface area (Å²) in [6.07, 6.45) is -0.565. The van der Waals surface area contributed by atoms with Crippen LogP contribution >= 0.6 is 11.3 Å². The molecule has 0 radical (unpaired) electrons. The standard InChI is InChI=1S/C19H20F3N2OS/c20-19(21,22)14-6-4-7-15(12-14)24-17-9-2-1-3-10-23(17)13-18(24,25)16-8-5-11-26-16/h4-8,11-12,25H,1-3,9-10,13H2/q+1/t18-/m0/s1. The number of benzene rings is 1. The summed E-state index contributed by atoms with van der Waals surface area (Å²) in [5.74, 6) is 0.915. The molecule has 1 aromatic carbocycles. The van der Waals surface area contributed by atoms with Gasteiger partial charge in [-0.3, -0.25) is 4.58 Å². The summed E-state index contributed by atoms with van der Waals surface area (Å²) in [6.45, 7) is 1.19. The number of hydrogen-bond acceptors (Lipinski definition) is 3. The van der Waals surface area contributed by atoms with E-state index < -0.39 is 17.5 Å². The second kappa shape index (κ2) is 6.39. The number of rotatable bonds is 2. The predicted molar refractivity (Wildman–Crippen MR) is 95.6 cm³/mol. The lowest BCUT2D eigenvalue weighted by Crippen LogP contribution is -2.47. The molecule has 0 fully saturated rings. The van der Waals surface area contributed by atoms with E-state index in [4.69, 9.17) is 0 Å². The van der Waals surface area contributed by atoms with Crippen LogP contribution in [0, 0.1) is 0 Å². The van der Waals surface area contributed by atoms with Gasteiger partial charge < -0.3 is 5.11 Å². The monoisotopic (exact) mass is 381 g/mol. The van der Waals surface area contributed by atoms with Crippen LogP contribution in [0.4, 0.5) is 18.9 Å². The molecule has 0 saturated heterocycles. The maximum atomic E-state index is 13.2. The molecule has 1 N–H and O–H groups in total. The van der Waals surface area contributed by atoms with Gasteiger partial charge in [-0.1, -0.05) is 12.1 Å². The Bertz CT molecular complexity index is 832. The number of nitrogens with zero attached hydrogens (tertiary/aromatic N) is 2. The molecule has 3 heterocycles. The second-order valence-corrected chi connectivity index (χ2v) is 7.77. The van der Waals surface area contributed by atoms with Crippen molar-refractivity contribution in [1.29, 1.82) is 0 Å². The van der Waals surface area contributed by atoms with Gasteiger partial charge in [0.25, 0.3) is 11.6 Å². The molecule has 0 spiro atoms. The highest BCUT2D eigenvalue weighted by Crippen LogP contribution is 2.41. The molecular formula is C19H20F3N2OS+. The van der Waals surface area contributed by atoms with Crippen LogP contribution in [0.3, 0.4) is 0 Å². The van der Waals surface area contributed by atoms with Crippen molar-refractivity contribution in [3.63, 3.8) is 0 Å². The summed E-state index contributed by atoms with van der Waals surface area (Å²) in [5, 5.41) is 13.5. The molecule has 0 saturated carbocycles. The summed E-state index contributed by atoms with van der Waals surface area (Å²) in [6, 6.07) is 8.97. The fourth-order valence-electron chi connectivity index (χ4n) is 3.90. The summed E-state index contributed by atoms with van der Waals surface area (Å²) in [4.78, 5) is 2.47. The molecule has 3 nitrogen and oxygen atoms in total. The highest BCUT2D eigenvalue weighted by atomic mass is 32.1. The van der Waals surface area contributed by atoms with Gasteiger partial charge in [-0.05, 0) is 48.9 Å². The van der Waals surface area contributed by atoms with E-state index in [1.165, 1.54) is 17.4 Å². The molecule has 0 bridgehead atoms. The highest BCUT2D eigenvalue weighted by molar-refractivity contribution is 7.10. The van der Waals surface area contributed by atoms with Crippen molar-refractivity contribution in [2.75, 3.05) is 18.0 Å². The van der Waals surface area contributed by atoms with Gasteiger partial charge in [0.15, 0.2) is 6.54 Å². The third kappa shape index (κ3) is 2.93. The Balaban J connectivity index is 1.84. The van der Waals surface area contributed by atoms with Crippen LogP contribution in [0.2, 0.25) is 0 Å². The molecule has 138 valence electrons. The Morgan fingerprint density at radius 1 is 1.12 bits per heavy atom. The van der Waals surface area contributed by atoms with Crippen LogP contribution in [0.25, 0.3) is 0 Å². The van der Waals surface area contributed by atoms with Crippen molar-refractivity contribution in [3.05, 3.63) is 52.2 Å². The van der Waals surface area contributed by atoms with Crippen LogP contribution in [0.1, 0.15) is 36.1 Å². The molecule has 0 aliphatic carbocycles. The molecule has 7 heteroatoms. The minimum atomic E-state index is -4.41. The topological polar surface area (TPSA) is 26.5 Å². The van der Waals surface area contributed by atoms with Crippen LogP contribution in [0.15, 0.2) is 41.8 Å². The molecule has 0 unspecified atom stereocenters. The third-order valence-corrected chi connectivity index (χ3v) is 6.09. The number of halogens is 3. The zero-order valence-corrected chi connectivity index (χ0v) is 15.0. The average Bonchev–Trinajstić information content (AvgIpc) is 3.17. The number of aliphatic hydroxyl groups is 1. The fraction of sp³-hybridized carbons (Fsp3) is 0.421. The molecule has 1 aromatic heterocycles. The number of hydrogen-bond donors (Lipinski definition) is 1. The molecular weight excluding hydrogens is 361 g/mol. The smallest absolute Gasteiger partial charge is 0.345 e. The first kappa shape index (κ1) is 17.5. The Morgan fingerprint density at radius 2 is 1.96 bits per heavy atom. The van der Waals surface area contributed by atoms with E-state index in [9.17, 15) is 18.3 Å². The maximum absolute atomic E-state index is 13.2. The van der Waals surface area contributed by atoms with Gasteiger partial charge in [0.05, 0.1) is 17.0 Å². The SMILES string of the molecule is O[C@]1(c2cccs2)C[N+]2=C(CCCCC2)N1c1cccc(C(F)(F)F)c1. The third-order valence-electron chi connectivity index (χ3n) is 5.08. The largest absolute Gasteiger partial charge is 0.416 e. The van der Waals surface area contributed by atoms with Gasteiger partial charge in [0.2, 0.25) is 0 Å². The zero-order chi connectivity index (χ0) is 18.4. The van der Waals surface area contributed by atoms with E-state index in [1.807, 2.05) is 17.5 Å². The number of amidine groups is 1. The van der Waals surface area contributed by atoms with Gasteiger partial charge in [0, 0.05) is 6.42 Å². The van der Waals surface area contributed by atoms with Crippen LogP contribution in [0.5, 0.6) is 0 Å². The first-order valence-electron chi connectivity index (χ1n) is 8.74. The fourth-order valence-corrected chi connectivity index (χ4v) is 4.71. The molecule has 1 atom stereocenters. The molecule has 0 amide bonds. The van der Waals surface area contributed by atoms with E-state index in [1.54, 1.807) is 11.0 Å². The zero-order valence-electron chi connectivity index (χ0n) is 14.2. The van der Waals surface area contributed by atoms with Crippen LogP contribution in [-0.4, -0.2) is 28.6 Å². The lowest BCUT2D eigenvalue weighted by atomic mass is 10.1. The average molecular weight is 381 g/mol. The molecule has 2 aromatic rings. The quantitative estimate of drug-likeness (QED) is 0.780. The Hall–Kier alpha value is -1.86. The Kier molecular flexibility index (Phi) is 4.31. The lowest BCUT2D eigenvalue weighted by Gasteiger charge is -2.28. The van der Waals surface area contributed by atoms with Gasteiger partial charge in [-0.15, -0.1) is 11.3 Å². The van der Waals surface area contributed by atoms with Crippen molar-refractivity contribution in [2.45, 2.75) is 37.6 Å². The summed E-state index contributed by atoms with van der Waals surface area (Å²) in [7, 11) is 0. The number of alkyl halides is 3. The van der Waals surface area contributed by atoms with Crippen molar-refractivity contribution in [3.8, 4) is 0 Å². The van der Waals surface area contributed by atoms with Crippen molar-refractivity contribution < 1.29 is 22.9 Å². The minimum absolute atomic E-state index is 0.374. The summed E-state index contributed by atoms with van der Waals surface area (Å²) in [5.41, 5.74) is -1.66. The number of anilines is 1. The normalized spacial score (nSPS) is 23.9. The molecule has 2 aliphatic heterocycles. The molecule has 2 aliphatic rings. The molecule has 26 heavy (non-hydrogen) atoms. The van der Waals surface area contributed by atoms with E-state index in [2.05, 4.69) is 4.58 Å². The van der Waals surface area contributed by atoms with Crippen molar-refractivity contribution in [2.24, 2.45) is 0 Å². The Morgan fingerprint density at radius 3 is 2.69 bits per heavy atom. The molecule has 4 rings (SSSR count). The van der Waals surface area contributed by atoms with E-state index in [0.717, 1.165) is 55.1 Å². The lowest BCUT2D eigenvalue weighted by molar-refractivity contribution is -0.534. The van der Waals surface area contributed by atoms with Crippen LogP contribution in [-0.2, 0) is 11.9 Å². The van der Waals surface area contributed by atoms with Crippen molar-refractivity contribution >= 4 is 22.9 Å². The van der Waals surface area contributed by atoms with Gasteiger partial charge in [-0.25, -0.2) is 0 Å². The second-order valence-electron chi connectivity index (χ2n) is 6.83. The highest BCUT2D eigenvalue weighted by Gasteiger charge is 2.55. The van der Waals surface area contributed by atoms with Gasteiger partial charge in [0.1, 0.15) is 5.69 Å². The van der Waals surface area contributed by atoms with E-state index in [-0.39, 0.29) is 0 Å². The van der Waals surface area contributed by atoms with Crippen LogP contribution < -0.4 is 4.90 Å².